The van der Waals surface area contributed by atoms with E-state index in [9.17, 15) is 18.8 Å². The van der Waals surface area contributed by atoms with E-state index >= 15 is 0 Å². The fourth-order valence-electron chi connectivity index (χ4n) is 2.70. The van der Waals surface area contributed by atoms with Gasteiger partial charge in [-0.15, -0.1) is 0 Å². The average molecular weight is 311 g/mol. The molecular weight excluding hydrogens is 293 g/mol. The highest BCUT2D eigenvalue weighted by atomic mass is 19.1. The van der Waals surface area contributed by atoms with Crippen LogP contribution in [0.15, 0.2) is 4.79 Å². The number of halogens is 1. The number of hydrogen-bond acceptors (Lipinski definition) is 4. The van der Waals surface area contributed by atoms with Crippen LogP contribution >= 0.6 is 0 Å². The number of amides is 1. The van der Waals surface area contributed by atoms with Crippen LogP contribution in [0.5, 0.6) is 0 Å². The van der Waals surface area contributed by atoms with Crippen LogP contribution in [0.25, 0.3) is 0 Å². The number of carbonyl (C=O) groups excluding carboxylic acids is 1. The second-order valence-electron chi connectivity index (χ2n) is 5.31. The molecule has 0 bridgehead atoms. The van der Waals surface area contributed by atoms with E-state index in [1.165, 1.54) is 0 Å². The van der Waals surface area contributed by atoms with Gasteiger partial charge >= 0.3 is 5.97 Å². The molecule has 8 heteroatoms. The molecule has 0 aromatic carbocycles. The summed E-state index contributed by atoms with van der Waals surface area (Å²) < 4.78 is 14.1. The van der Waals surface area contributed by atoms with Gasteiger partial charge in [0.25, 0.3) is 11.5 Å². The lowest BCUT2D eigenvalue weighted by Crippen LogP contribution is -2.40. The Morgan fingerprint density at radius 2 is 2.09 bits per heavy atom. The maximum absolute atomic E-state index is 14.1. The molecule has 1 aliphatic heterocycles. The number of carboxylic acids is 1. The van der Waals surface area contributed by atoms with E-state index in [1.807, 2.05) is 6.92 Å². The molecule has 2 N–H and O–H groups in total. The lowest BCUT2D eigenvalue weighted by Gasteiger charge is -2.19. The number of H-pyrrole nitrogens is 1. The number of nitrogens with one attached hydrogen (secondary N) is 1. The molecule has 2 rings (SSSR count). The van der Waals surface area contributed by atoms with E-state index in [1.54, 1.807) is 6.92 Å². The van der Waals surface area contributed by atoms with Gasteiger partial charge in [-0.25, -0.2) is 14.3 Å². The monoisotopic (exact) mass is 311 g/mol. The summed E-state index contributed by atoms with van der Waals surface area (Å²) in [5.74, 6) is -2.23. The van der Waals surface area contributed by atoms with Crippen molar-refractivity contribution in [2.24, 2.45) is 0 Å². The number of aromatic amines is 1. The second-order valence-corrected chi connectivity index (χ2v) is 5.31. The van der Waals surface area contributed by atoms with Crippen molar-refractivity contribution >= 4 is 11.9 Å². The van der Waals surface area contributed by atoms with Crippen LogP contribution in [0.1, 0.15) is 41.9 Å². The molecule has 2 heterocycles. The van der Waals surface area contributed by atoms with Crippen LogP contribution in [0.3, 0.4) is 0 Å². The van der Waals surface area contributed by atoms with Crippen molar-refractivity contribution in [1.29, 1.82) is 0 Å². The Balaban J connectivity index is 2.39. The van der Waals surface area contributed by atoms with Crippen molar-refractivity contribution in [3.05, 3.63) is 27.2 Å². The summed E-state index contributed by atoms with van der Waals surface area (Å²) in [7, 11) is 0. The highest BCUT2D eigenvalue weighted by Gasteiger charge is 2.47. The first-order chi connectivity index (χ1) is 10.3. The van der Waals surface area contributed by atoms with Crippen LogP contribution in [-0.4, -0.2) is 50.8 Å². The van der Waals surface area contributed by atoms with E-state index in [0.29, 0.717) is 24.1 Å². The number of aryl methyl sites for hydroxylation is 1. The summed E-state index contributed by atoms with van der Waals surface area (Å²) in [6, 6.07) is 0. The molecule has 1 fully saturated rings. The first-order valence-corrected chi connectivity index (χ1v) is 7.16. The van der Waals surface area contributed by atoms with Crippen molar-refractivity contribution in [1.82, 2.24) is 15.1 Å². The predicted octanol–water partition coefficient (Wildman–Crippen LogP) is 0.533. The molecule has 1 amide bonds. The Hall–Kier alpha value is -2.25. The molecule has 120 valence electrons. The van der Waals surface area contributed by atoms with Gasteiger partial charge in [-0.3, -0.25) is 9.59 Å². The minimum atomic E-state index is -2.45. The minimum Gasteiger partial charge on any atom is -0.479 e. The highest BCUT2D eigenvalue weighted by Crippen LogP contribution is 2.27. The van der Waals surface area contributed by atoms with Gasteiger partial charge in [-0.05, 0) is 18.4 Å². The smallest absolute Gasteiger partial charge is 0.343 e. The predicted molar refractivity (Wildman–Crippen MR) is 75.6 cm³/mol. The van der Waals surface area contributed by atoms with E-state index in [0.717, 1.165) is 4.90 Å². The van der Waals surface area contributed by atoms with Gasteiger partial charge in [0.15, 0.2) is 0 Å². The molecule has 0 radical (unpaired) electrons. The fraction of sp³-hybridized carbons (Fsp3) is 0.571. The number of carboxylic acid groups (broad SMARTS) is 1. The molecule has 1 aliphatic rings. The largest absolute Gasteiger partial charge is 0.479 e. The molecule has 1 aromatic rings. The number of aromatic nitrogens is 2. The first-order valence-electron chi connectivity index (χ1n) is 7.16. The summed E-state index contributed by atoms with van der Waals surface area (Å²) in [6.45, 7) is 3.07. The van der Waals surface area contributed by atoms with Crippen LogP contribution in [0.2, 0.25) is 0 Å². The summed E-state index contributed by atoms with van der Waals surface area (Å²) in [6.07, 6.45) is 0.705. The van der Waals surface area contributed by atoms with Gasteiger partial charge in [0.05, 0.1) is 12.2 Å². The lowest BCUT2D eigenvalue weighted by atomic mass is 10.0. The van der Waals surface area contributed by atoms with Gasteiger partial charge in [-0.2, -0.15) is 5.10 Å². The zero-order valence-corrected chi connectivity index (χ0v) is 12.5. The Labute approximate surface area is 126 Å². The normalized spacial score (nSPS) is 21.1. The minimum absolute atomic E-state index is 0.0337. The zero-order chi connectivity index (χ0) is 16.5. The molecule has 7 nitrogen and oxygen atoms in total. The number of aliphatic carboxylic acids is 1. The van der Waals surface area contributed by atoms with E-state index in [2.05, 4.69) is 10.2 Å². The summed E-state index contributed by atoms with van der Waals surface area (Å²) >= 11 is 0. The van der Waals surface area contributed by atoms with Crippen molar-refractivity contribution in [3.63, 3.8) is 0 Å². The number of likely N-dealkylation sites (tertiary alicyclic amines) is 1. The van der Waals surface area contributed by atoms with Gasteiger partial charge in [0.1, 0.15) is 5.56 Å². The van der Waals surface area contributed by atoms with Crippen LogP contribution in [0, 0.1) is 0 Å². The van der Waals surface area contributed by atoms with Gasteiger partial charge in [0.2, 0.25) is 5.67 Å². The van der Waals surface area contributed by atoms with Gasteiger partial charge in [0, 0.05) is 13.0 Å². The van der Waals surface area contributed by atoms with E-state index < -0.39 is 29.6 Å². The first kappa shape index (κ1) is 16.1. The molecule has 0 spiro atoms. The Morgan fingerprint density at radius 1 is 1.41 bits per heavy atom. The maximum Gasteiger partial charge on any atom is 0.343 e. The Bertz CT molecular complexity index is 673. The number of hydrogen-bond donors (Lipinski definition) is 2. The molecule has 1 saturated heterocycles. The molecular formula is C14H18FN3O4. The number of rotatable bonds is 4. The third kappa shape index (κ3) is 2.60. The summed E-state index contributed by atoms with van der Waals surface area (Å²) in [5, 5.41) is 15.1. The molecule has 22 heavy (non-hydrogen) atoms. The summed E-state index contributed by atoms with van der Waals surface area (Å²) in [4.78, 5) is 36.5. The van der Waals surface area contributed by atoms with Crippen molar-refractivity contribution in [3.8, 4) is 0 Å². The van der Waals surface area contributed by atoms with Crippen LogP contribution in [0.4, 0.5) is 4.39 Å². The summed E-state index contributed by atoms with van der Waals surface area (Å²) in [5.41, 5.74) is -2.01. The van der Waals surface area contributed by atoms with Gasteiger partial charge < -0.3 is 10.0 Å². The van der Waals surface area contributed by atoms with Crippen molar-refractivity contribution in [2.45, 2.75) is 38.8 Å². The molecule has 1 atom stereocenters. The third-order valence-electron chi connectivity index (χ3n) is 3.96. The van der Waals surface area contributed by atoms with E-state index in [-0.39, 0.29) is 18.5 Å². The molecule has 1 unspecified atom stereocenters. The quantitative estimate of drug-likeness (QED) is 0.844. The molecule has 1 aromatic heterocycles. The van der Waals surface area contributed by atoms with Gasteiger partial charge in [-0.1, -0.05) is 13.8 Å². The highest BCUT2D eigenvalue weighted by molar-refractivity contribution is 5.96. The van der Waals surface area contributed by atoms with E-state index in [4.69, 9.17) is 5.11 Å². The number of alkyl halides is 1. The average Bonchev–Trinajstić information content (AvgIpc) is 2.90. The fourth-order valence-corrected chi connectivity index (χ4v) is 2.70. The molecule has 0 aliphatic carbocycles. The third-order valence-corrected chi connectivity index (χ3v) is 3.96. The number of carbonyl (C=O) groups is 2. The van der Waals surface area contributed by atoms with Crippen LogP contribution < -0.4 is 5.56 Å². The molecule has 0 saturated carbocycles. The Kier molecular flexibility index (Phi) is 4.30. The lowest BCUT2D eigenvalue weighted by molar-refractivity contribution is -0.149. The zero-order valence-electron chi connectivity index (χ0n) is 12.5. The Morgan fingerprint density at radius 3 is 2.59 bits per heavy atom. The second kappa shape index (κ2) is 5.86. The van der Waals surface area contributed by atoms with Crippen molar-refractivity contribution < 1.29 is 19.1 Å². The van der Waals surface area contributed by atoms with Crippen molar-refractivity contribution in [2.75, 3.05) is 13.1 Å². The number of nitrogens with zero attached hydrogens (tertiary/aromatic N) is 2. The SMILES string of the molecule is CCc1n[nH]c(=O)c(C(=O)N2CCC(F)(C(=O)O)C2)c1CC. The van der Waals surface area contributed by atoms with Crippen LogP contribution in [-0.2, 0) is 17.6 Å². The standard InChI is InChI=1S/C14H18FN3O4/c1-3-8-9(4-2)16-17-11(19)10(8)12(20)18-6-5-14(15,7-18)13(21)22/h3-7H2,1-2H3,(H,17,19)(H,21,22). The topological polar surface area (TPSA) is 103 Å². The maximum atomic E-state index is 14.1.